The maximum absolute atomic E-state index is 11.6. The van der Waals surface area contributed by atoms with Crippen molar-refractivity contribution in [1.29, 1.82) is 0 Å². The fourth-order valence-electron chi connectivity index (χ4n) is 2.27. The van der Waals surface area contributed by atoms with Crippen LogP contribution in [-0.4, -0.2) is 49.4 Å². The van der Waals surface area contributed by atoms with E-state index in [1.54, 1.807) is 7.05 Å². The van der Waals surface area contributed by atoms with Gasteiger partial charge in [0.1, 0.15) is 11.3 Å². The fraction of sp³-hybridized carbons (Fsp3) is 0.267. The molecule has 122 valence electrons. The first kappa shape index (κ1) is 16.3. The highest BCUT2D eigenvalue weighted by atomic mass is 16.5. The van der Waals surface area contributed by atoms with Crippen molar-refractivity contribution in [1.82, 2.24) is 9.97 Å². The number of carbonyl (C=O) groups is 1. The summed E-state index contributed by atoms with van der Waals surface area (Å²) in [4.78, 5) is 20.0. The molecule has 8 heteroatoms. The Morgan fingerprint density at radius 2 is 1.65 bits per heavy atom. The molecule has 0 aliphatic carbocycles. The monoisotopic (exact) mass is 319 g/mol. The van der Waals surface area contributed by atoms with Crippen molar-refractivity contribution >= 4 is 11.8 Å². The number of hydrogen-bond acceptors (Lipinski definition) is 7. The minimum absolute atomic E-state index is 0.0622. The van der Waals surface area contributed by atoms with Crippen LogP contribution in [0, 0.1) is 0 Å². The summed E-state index contributed by atoms with van der Waals surface area (Å²) < 4.78 is 15.9. The Kier molecular flexibility index (Phi) is 4.85. The third-order valence-electron chi connectivity index (χ3n) is 3.22. The van der Waals surface area contributed by atoms with Gasteiger partial charge in [-0.05, 0) is 6.07 Å². The first-order valence-corrected chi connectivity index (χ1v) is 6.64. The molecule has 0 atom stereocenters. The molecule has 0 amide bonds. The average Bonchev–Trinajstić information content (AvgIpc) is 2.59. The van der Waals surface area contributed by atoms with E-state index in [9.17, 15) is 9.90 Å². The highest BCUT2D eigenvalue weighted by Crippen LogP contribution is 2.47. The van der Waals surface area contributed by atoms with Crippen LogP contribution in [0.5, 0.6) is 17.2 Å². The number of aromatic nitrogens is 2. The van der Waals surface area contributed by atoms with Crippen LogP contribution in [0.3, 0.4) is 0 Å². The number of carboxylic acid groups (broad SMARTS) is 1. The molecular weight excluding hydrogens is 302 g/mol. The van der Waals surface area contributed by atoms with E-state index in [4.69, 9.17) is 14.2 Å². The smallest absolute Gasteiger partial charge is 0.339 e. The third-order valence-corrected chi connectivity index (χ3v) is 3.22. The maximum Gasteiger partial charge on any atom is 0.339 e. The second-order valence-electron chi connectivity index (χ2n) is 4.38. The van der Waals surface area contributed by atoms with E-state index >= 15 is 0 Å². The van der Waals surface area contributed by atoms with Crippen LogP contribution < -0.4 is 19.5 Å². The van der Waals surface area contributed by atoms with Crippen LogP contribution in [0.2, 0.25) is 0 Å². The van der Waals surface area contributed by atoms with E-state index < -0.39 is 5.97 Å². The molecule has 1 aromatic heterocycles. The van der Waals surface area contributed by atoms with Gasteiger partial charge in [-0.2, -0.15) is 0 Å². The number of nitrogens with one attached hydrogen (secondary N) is 1. The zero-order valence-corrected chi connectivity index (χ0v) is 13.2. The summed E-state index contributed by atoms with van der Waals surface area (Å²) in [5.74, 6) is -0.104. The normalized spacial score (nSPS) is 10.1. The summed E-state index contributed by atoms with van der Waals surface area (Å²) >= 11 is 0. The van der Waals surface area contributed by atoms with Crippen LogP contribution in [0.25, 0.3) is 11.3 Å². The number of rotatable bonds is 6. The first-order valence-electron chi connectivity index (χ1n) is 6.64. The molecule has 0 saturated carbocycles. The van der Waals surface area contributed by atoms with Crippen molar-refractivity contribution < 1.29 is 24.1 Å². The summed E-state index contributed by atoms with van der Waals surface area (Å²) in [5, 5.41) is 12.4. The van der Waals surface area contributed by atoms with Crippen molar-refractivity contribution in [3.8, 4) is 28.5 Å². The topological polar surface area (TPSA) is 103 Å². The second kappa shape index (κ2) is 6.82. The van der Waals surface area contributed by atoms with Gasteiger partial charge in [0, 0.05) is 19.4 Å². The number of carboxylic acids is 1. The number of methoxy groups -OCH3 is 3. The molecule has 0 fully saturated rings. The third kappa shape index (κ3) is 2.83. The highest BCUT2D eigenvalue weighted by Gasteiger charge is 2.26. The molecule has 2 N–H and O–H groups in total. The van der Waals surface area contributed by atoms with E-state index in [2.05, 4.69) is 15.3 Å². The molecule has 2 aromatic rings. The molecule has 0 aliphatic rings. The summed E-state index contributed by atoms with van der Waals surface area (Å²) in [6, 6.07) is 1.42. The Morgan fingerprint density at radius 1 is 1.04 bits per heavy atom. The minimum Gasteiger partial charge on any atom is -0.492 e. The summed E-state index contributed by atoms with van der Waals surface area (Å²) in [6.07, 6.45) is 3.04. The van der Waals surface area contributed by atoms with Gasteiger partial charge in [-0.1, -0.05) is 0 Å². The summed E-state index contributed by atoms with van der Waals surface area (Å²) in [5.41, 5.74) is 0.808. The molecule has 0 aliphatic heterocycles. The number of anilines is 1. The molecule has 0 bridgehead atoms. The van der Waals surface area contributed by atoms with Gasteiger partial charge in [0.25, 0.3) is 0 Å². The van der Waals surface area contributed by atoms with Crippen LogP contribution in [0.4, 0.5) is 5.82 Å². The van der Waals surface area contributed by atoms with E-state index in [0.29, 0.717) is 22.8 Å². The standard InChI is InChI=1S/C15H17N3O5/c1-16-14-10(17-5-6-18-14)8-7-9(15(19)20)12(22-3)13(23-4)11(8)21-2/h5-7H,1-4H3,(H,16,18)(H,19,20). The van der Waals surface area contributed by atoms with Gasteiger partial charge in [0.2, 0.25) is 5.75 Å². The molecule has 0 spiro atoms. The van der Waals surface area contributed by atoms with Crippen LogP contribution in [0.15, 0.2) is 18.5 Å². The molecule has 0 unspecified atom stereocenters. The molecule has 23 heavy (non-hydrogen) atoms. The van der Waals surface area contributed by atoms with Crippen molar-refractivity contribution in [3.63, 3.8) is 0 Å². The van der Waals surface area contributed by atoms with Crippen molar-refractivity contribution in [2.24, 2.45) is 0 Å². The lowest BCUT2D eigenvalue weighted by molar-refractivity contribution is 0.0692. The van der Waals surface area contributed by atoms with E-state index in [0.717, 1.165) is 0 Å². The molecule has 1 heterocycles. The first-order chi connectivity index (χ1) is 11.1. The number of aromatic carboxylic acids is 1. The zero-order valence-electron chi connectivity index (χ0n) is 13.2. The molecule has 0 radical (unpaired) electrons. The van der Waals surface area contributed by atoms with Gasteiger partial charge in [0.15, 0.2) is 17.3 Å². The molecule has 1 aromatic carbocycles. The largest absolute Gasteiger partial charge is 0.492 e. The van der Waals surface area contributed by atoms with Gasteiger partial charge < -0.3 is 24.6 Å². The lowest BCUT2D eigenvalue weighted by Gasteiger charge is -2.18. The SMILES string of the molecule is CNc1nccnc1-c1cc(C(=O)O)c(OC)c(OC)c1OC. The van der Waals surface area contributed by atoms with Gasteiger partial charge in [0.05, 0.1) is 26.9 Å². The average molecular weight is 319 g/mol. The lowest BCUT2D eigenvalue weighted by Crippen LogP contribution is -2.07. The maximum atomic E-state index is 11.6. The highest BCUT2D eigenvalue weighted by molar-refractivity contribution is 5.96. The Bertz CT molecular complexity index is 733. The van der Waals surface area contributed by atoms with Gasteiger partial charge >= 0.3 is 5.97 Å². The number of nitrogens with zero attached hydrogens (tertiary/aromatic N) is 2. The zero-order chi connectivity index (χ0) is 17.0. The Labute approximate surface area is 133 Å². The quantitative estimate of drug-likeness (QED) is 0.832. The van der Waals surface area contributed by atoms with Crippen molar-refractivity contribution in [2.75, 3.05) is 33.7 Å². The number of benzene rings is 1. The van der Waals surface area contributed by atoms with Gasteiger partial charge in [-0.3, -0.25) is 4.98 Å². The minimum atomic E-state index is -1.15. The molecule has 0 saturated heterocycles. The van der Waals surface area contributed by atoms with Gasteiger partial charge in [-0.15, -0.1) is 0 Å². The second-order valence-corrected chi connectivity index (χ2v) is 4.38. The molecule has 2 rings (SSSR count). The lowest BCUT2D eigenvalue weighted by atomic mass is 10.0. The van der Waals surface area contributed by atoms with Crippen LogP contribution in [-0.2, 0) is 0 Å². The van der Waals surface area contributed by atoms with Gasteiger partial charge in [-0.25, -0.2) is 9.78 Å². The molecular formula is C15H17N3O5. The van der Waals surface area contributed by atoms with Crippen molar-refractivity contribution in [2.45, 2.75) is 0 Å². The van der Waals surface area contributed by atoms with Crippen LogP contribution >= 0.6 is 0 Å². The Balaban J connectivity index is 2.87. The van der Waals surface area contributed by atoms with E-state index in [1.807, 2.05) is 0 Å². The van der Waals surface area contributed by atoms with E-state index in [1.165, 1.54) is 39.8 Å². The predicted octanol–water partition coefficient (Wildman–Crippen LogP) is 1.91. The molecule has 8 nitrogen and oxygen atoms in total. The number of ether oxygens (including phenoxy) is 3. The number of hydrogen-bond donors (Lipinski definition) is 2. The fourth-order valence-corrected chi connectivity index (χ4v) is 2.27. The Morgan fingerprint density at radius 3 is 2.17 bits per heavy atom. The summed E-state index contributed by atoms with van der Waals surface area (Å²) in [7, 11) is 5.92. The predicted molar refractivity (Wildman–Crippen MR) is 83.6 cm³/mol. The van der Waals surface area contributed by atoms with E-state index in [-0.39, 0.29) is 17.1 Å². The van der Waals surface area contributed by atoms with Crippen LogP contribution in [0.1, 0.15) is 10.4 Å². The van der Waals surface area contributed by atoms with Crippen molar-refractivity contribution in [3.05, 3.63) is 24.0 Å². The Hall–Kier alpha value is -3.03. The summed E-state index contributed by atoms with van der Waals surface area (Å²) in [6.45, 7) is 0.